The lowest BCUT2D eigenvalue weighted by Crippen LogP contribution is -2.01. The summed E-state index contributed by atoms with van der Waals surface area (Å²) in [5.74, 6) is 1.26. The number of benzene rings is 1. The van der Waals surface area contributed by atoms with Gasteiger partial charge in [-0.1, -0.05) is 76.3 Å². The lowest BCUT2D eigenvalue weighted by molar-refractivity contribution is 0.547. The average molecular weight is 327 g/mol. The lowest BCUT2D eigenvalue weighted by Gasteiger charge is -2.06. The summed E-state index contributed by atoms with van der Waals surface area (Å²) in [5.41, 5.74) is 2.70. The van der Waals surface area contributed by atoms with Crippen molar-refractivity contribution in [1.82, 2.24) is 9.55 Å². The smallest absolute Gasteiger partial charge is 0.108 e. The fraction of sp³-hybridized carbons (Fsp3) is 0.591. The molecule has 132 valence electrons. The molecule has 2 heteroatoms. The van der Waals surface area contributed by atoms with E-state index in [0.29, 0.717) is 0 Å². The third-order valence-corrected chi connectivity index (χ3v) is 4.72. The molecule has 0 fully saturated rings. The van der Waals surface area contributed by atoms with Gasteiger partial charge in [0.15, 0.2) is 0 Å². The van der Waals surface area contributed by atoms with Gasteiger partial charge < -0.3 is 4.57 Å². The number of nitrogens with zero attached hydrogens (tertiary/aromatic N) is 2. The quantitative estimate of drug-likeness (QED) is 0.439. The van der Waals surface area contributed by atoms with Crippen LogP contribution in [0.5, 0.6) is 0 Å². The van der Waals surface area contributed by atoms with Crippen molar-refractivity contribution in [3.05, 3.63) is 53.6 Å². The van der Waals surface area contributed by atoms with E-state index in [0.717, 1.165) is 25.8 Å². The molecule has 1 heterocycles. The normalized spacial score (nSPS) is 11.1. The van der Waals surface area contributed by atoms with Crippen LogP contribution in [0.15, 0.2) is 36.5 Å². The summed E-state index contributed by atoms with van der Waals surface area (Å²) in [6.07, 6.45) is 14.9. The molecule has 0 bridgehead atoms. The van der Waals surface area contributed by atoms with E-state index in [9.17, 15) is 0 Å². The zero-order chi connectivity index (χ0) is 17.0. The fourth-order valence-electron chi connectivity index (χ4n) is 3.29. The van der Waals surface area contributed by atoms with Gasteiger partial charge in [-0.25, -0.2) is 4.98 Å². The van der Waals surface area contributed by atoms with Gasteiger partial charge >= 0.3 is 0 Å². The first kappa shape index (κ1) is 18.8. The second kappa shape index (κ2) is 11.1. The Kier molecular flexibility index (Phi) is 8.65. The molecule has 0 radical (unpaired) electrons. The predicted molar refractivity (Wildman–Crippen MR) is 103 cm³/mol. The highest BCUT2D eigenvalue weighted by atomic mass is 15.1. The van der Waals surface area contributed by atoms with Crippen LogP contribution in [0.1, 0.15) is 75.9 Å². The van der Waals surface area contributed by atoms with E-state index in [1.807, 2.05) is 0 Å². The summed E-state index contributed by atoms with van der Waals surface area (Å²) in [7, 11) is 0. The number of hydrogen-bond donors (Lipinski definition) is 0. The van der Waals surface area contributed by atoms with Crippen LogP contribution in [0.2, 0.25) is 0 Å². The molecule has 0 aliphatic carbocycles. The molecule has 2 nitrogen and oxygen atoms in total. The molecule has 0 amide bonds. The van der Waals surface area contributed by atoms with E-state index < -0.39 is 0 Å². The van der Waals surface area contributed by atoms with Crippen LogP contribution in [0, 0.1) is 0 Å². The number of unbranched alkanes of at least 4 members (excludes halogenated alkanes) is 5. The molecule has 0 atom stereocenters. The molecule has 0 N–H and O–H groups in total. The zero-order valence-electron chi connectivity index (χ0n) is 15.6. The Morgan fingerprint density at radius 3 is 2.33 bits per heavy atom. The van der Waals surface area contributed by atoms with Crippen LogP contribution in [0.4, 0.5) is 0 Å². The second-order valence-electron chi connectivity index (χ2n) is 6.80. The minimum absolute atomic E-state index is 1.04. The molecule has 1 aromatic heterocycles. The van der Waals surface area contributed by atoms with Crippen molar-refractivity contribution in [2.24, 2.45) is 0 Å². The lowest BCUT2D eigenvalue weighted by atomic mass is 10.1. The van der Waals surface area contributed by atoms with Crippen LogP contribution in [-0.4, -0.2) is 9.55 Å². The van der Waals surface area contributed by atoms with Gasteiger partial charge in [0.05, 0.1) is 5.69 Å². The molecular weight excluding hydrogens is 292 g/mol. The zero-order valence-corrected chi connectivity index (χ0v) is 15.6. The number of imidazole rings is 1. The van der Waals surface area contributed by atoms with Crippen molar-refractivity contribution >= 4 is 0 Å². The van der Waals surface area contributed by atoms with Crippen molar-refractivity contribution in [3.63, 3.8) is 0 Å². The maximum Gasteiger partial charge on any atom is 0.108 e. The second-order valence-corrected chi connectivity index (χ2v) is 6.80. The summed E-state index contributed by atoms with van der Waals surface area (Å²) >= 11 is 0. The van der Waals surface area contributed by atoms with Gasteiger partial charge in [0, 0.05) is 19.2 Å². The largest absolute Gasteiger partial charge is 0.335 e. The molecule has 2 rings (SSSR count). The van der Waals surface area contributed by atoms with Crippen LogP contribution in [0.3, 0.4) is 0 Å². The molecule has 2 aromatic rings. The van der Waals surface area contributed by atoms with Gasteiger partial charge in [-0.2, -0.15) is 0 Å². The first-order valence-electron chi connectivity index (χ1n) is 9.92. The summed E-state index contributed by atoms with van der Waals surface area (Å²) in [6.45, 7) is 5.63. The molecule has 1 aromatic carbocycles. The molecular formula is C22H34N2. The molecule has 24 heavy (non-hydrogen) atoms. The van der Waals surface area contributed by atoms with Crippen molar-refractivity contribution in [2.75, 3.05) is 0 Å². The Morgan fingerprint density at radius 1 is 0.833 bits per heavy atom. The Balaban J connectivity index is 1.74. The van der Waals surface area contributed by atoms with Gasteiger partial charge in [0.2, 0.25) is 0 Å². The van der Waals surface area contributed by atoms with Crippen LogP contribution in [0.25, 0.3) is 0 Å². The molecule has 0 aliphatic rings. The first-order chi connectivity index (χ1) is 11.8. The number of aryl methyl sites for hydroxylation is 4. The fourth-order valence-corrected chi connectivity index (χ4v) is 3.29. The summed E-state index contributed by atoms with van der Waals surface area (Å²) in [5, 5.41) is 0. The van der Waals surface area contributed by atoms with Crippen molar-refractivity contribution < 1.29 is 0 Å². The van der Waals surface area contributed by atoms with Crippen molar-refractivity contribution in [2.45, 2.75) is 84.6 Å². The Bertz CT molecular complexity index is 557. The Morgan fingerprint density at radius 2 is 1.58 bits per heavy atom. The molecule has 0 aliphatic heterocycles. The predicted octanol–water partition coefficient (Wildman–Crippen LogP) is 5.98. The minimum Gasteiger partial charge on any atom is -0.335 e. The highest BCUT2D eigenvalue weighted by Crippen LogP contribution is 2.12. The van der Waals surface area contributed by atoms with E-state index >= 15 is 0 Å². The van der Waals surface area contributed by atoms with Crippen LogP contribution < -0.4 is 0 Å². The van der Waals surface area contributed by atoms with E-state index in [2.05, 4.69) is 54.9 Å². The molecule has 0 saturated heterocycles. The summed E-state index contributed by atoms with van der Waals surface area (Å²) in [6, 6.07) is 10.8. The van der Waals surface area contributed by atoms with Gasteiger partial charge in [-0.3, -0.25) is 0 Å². The molecule has 0 spiro atoms. The molecule has 0 saturated carbocycles. The van der Waals surface area contributed by atoms with Crippen molar-refractivity contribution in [1.29, 1.82) is 0 Å². The SMILES string of the molecule is CCCCCCCCn1cc(CCCc2ccccc2)nc1CC. The molecule has 0 unspecified atom stereocenters. The minimum atomic E-state index is 1.04. The summed E-state index contributed by atoms with van der Waals surface area (Å²) in [4.78, 5) is 4.85. The van der Waals surface area contributed by atoms with Gasteiger partial charge in [0.25, 0.3) is 0 Å². The monoisotopic (exact) mass is 326 g/mol. The standard InChI is InChI=1S/C22H34N2/c1-3-5-6-7-8-12-18-24-19-21(23-22(24)4-2)17-13-16-20-14-10-9-11-15-20/h9-11,14-15,19H,3-8,12-13,16-18H2,1-2H3. The Hall–Kier alpha value is -1.57. The maximum absolute atomic E-state index is 4.85. The maximum atomic E-state index is 4.85. The third-order valence-electron chi connectivity index (χ3n) is 4.72. The van der Waals surface area contributed by atoms with Crippen LogP contribution >= 0.6 is 0 Å². The Labute approximate surface area is 148 Å². The van der Waals surface area contributed by atoms with Gasteiger partial charge in [0.1, 0.15) is 5.82 Å². The third kappa shape index (κ3) is 6.51. The number of rotatable bonds is 12. The first-order valence-corrected chi connectivity index (χ1v) is 9.92. The highest BCUT2D eigenvalue weighted by molar-refractivity contribution is 5.15. The van der Waals surface area contributed by atoms with E-state index in [1.165, 1.54) is 62.0 Å². The average Bonchev–Trinajstić information content (AvgIpc) is 3.01. The van der Waals surface area contributed by atoms with Crippen molar-refractivity contribution in [3.8, 4) is 0 Å². The number of hydrogen-bond acceptors (Lipinski definition) is 1. The van der Waals surface area contributed by atoms with E-state index in [4.69, 9.17) is 4.98 Å². The topological polar surface area (TPSA) is 17.8 Å². The van der Waals surface area contributed by atoms with Gasteiger partial charge in [-0.05, 0) is 31.2 Å². The number of aromatic nitrogens is 2. The summed E-state index contributed by atoms with van der Waals surface area (Å²) < 4.78 is 2.40. The van der Waals surface area contributed by atoms with E-state index in [1.54, 1.807) is 0 Å². The van der Waals surface area contributed by atoms with Gasteiger partial charge in [-0.15, -0.1) is 0 Å². The van der Waals surface area contributed by atoms with Crippen LogP contribution in [-0.2, 0) is 25.8 Å². The van der Waals surface area contributed by atoms with E-state index in [-0.39, 0.29) is 0 Å². The highest BCUT2D eigenvalue weighted by Gasteiger charge is 2.06.